The molecule has 0 bridgehead atoms. The third kappa shape index (κ3) is 5.01. The minimum Gasteiger partial charge on any atom is -0.462 e. The molecule has 0 fully saturated rings. The van der Waals surface area contributed by atoms with Crippen LogP contribution in [-0.4, -0.2) is 30.6 Å². The van der Waals surface area contributed by atoms with Crippen LogP contribution in [0.4, 0.5) is 5.00 Å². The molecule has 30 heavy (non-hydrogen) atoms. The van der Waals surface area contributed by atoms with Gasteiger partial charge in [-0.1, -0.05) is 24.6 Å². The van der Waals surface area contributed by atoms with Gasteiger partial charge in [-0.25, -0.2) is 9.59 Å². The van der Waals surface area contributed by atoms with Gasteiger partial charge in [-0.2, -0.15) is 0 Å². The molecule has 0 aromatic carbocycles. The van der Waals surface area contributed by atoms with Gasteiger partial charge in [-0.05, 0) is 64.4 Å². The Bertz CT molecular complexity index is 911. The highest BCUT2D eigenvalue weighted by atomic mass is 32.1. The monoisotopic (exact) mass is 431 g/mol. The molecule has 1 N–H and O–H groups in total. The van der Waals surface area contributed by atoms with Crippen molar-refractivity contribution in [2.75, 3.05) is 11.9 Å². The molecule has 2 unspecified atom stereocenters. The van der Waals surface area contributed by atoms with Crippen LogP contribution in [-0.2, 0) is 31.9 Å². The largest absolute Gasteiger partial charge is 0.462 e. The van der Waals surface area contributed by atoms with Gasteiger partial charge in [0.25, 0.3) is 5.91 Å². The van der Waals surface area contributed by atoms with Crippen LogP contribution in [0, 0.1) is 5.92 Å². The summed E-state index contributed by atoms with van der Waals surface area (Å²) in [5, 5.41) is 3.29. The van der Waals surface area contributed by atoms with E-state index in [0.29, 0.717) is 28.5 Å². The van der Waals surface area contributed by atoms with Crippen molar-refractivity contribution < 1.29 is 23.9 Å². The summed E-state index contributed by atoms with van der Waals surface area (Å²) in [7, 11) is 0. The Kier molecular flexibility index (Phi) is 7.13. The number of rotatable bonds is 6. The standard InChI is InChI=1S/C23H29NO5S/c1-5-28-23(27)19-17-11-8-14(3)12-18(17)30-21(19)24-20(25)15(4)29-22(26)16-9-6-13(2)7-10-16/h6,9,14-15H,5,7-8,10-12H2,1-4H3,(H,24,25). The Labute approximate surface area is 181 Å². The number of hydrogen-bond donors (Lipinski definition) is 1. The summed E-state index contributed by atoms with van der Waals surface area (Å²) in [6.45, 7) is 7.76. The first-order chi connectivity index (χ1) is 14.3. The lowest BCUT2D eigenvalue weighted by Crippen LogP contribution is -2.31. The van der Waals surface area contributed by atoms with Crippen molar-refractivity contribution in [2.45, 2.75) is 65.9 Å². The molecule has 2 aliphatic carbocycles. The Morgan fingerprint density at radius 2 is 1.97 bits per heavy atom. The third-order valence-corrected chi connectivity index (χ3v) is 6.67. The highest BCUT2D eigenvalue weighted by Gasteiger charge is 2.30. The average Bonchev–Trinajstić information content (AvgIpc) is 3.05. The van der Waals surface area contributed by atoms with Crippen molar-refractivity contribution >= 4 is 34.2 Å². The fourth-order valence-electron chi connectivity index (χ4n) is 3.67. The predicted octanol–water partition coefficient (Wildman–Crippen LogP) is 4.59. The molecule has 0 radical (unpaired) electrons. The van der Waals surface area contributed by atoms with Gasteiger partial charge >= 0.3 is 11.9 Å². The van der Waals surface area contributed by atoms with Gasteiger partial charge in [0.1, 0.15) is 5.00 Å². The summed E-state index contributed by atoms with van der Waals surface area (Å²) < 4.78 is 10.6. The van der Waals surface area contributed by atoms with Crippen molar-refractivity contribution in [3.63, 3.8) is 0 Å². The molecule has 162 valence electrons. The number of thiophene rings is 1. The van der Waals surface area contributed by atoms with Crippen molar-refractivity contribution in [3.8, 4) is 0 Å². The van der Waals surface area contributed by atoms with Gasteiger partial charge in [0.15, 0.2) is 6.10 Å². The maximum atomic E-state index is 12.7. The number of allylic oxidation sites excluding steroid dienone is 3. The SMILES string of the molecule is CCOC(=O)c1c(NC(=O)C(C)OC(=O)C2=CC=C(C)CC2)sc2c1CCC(C)C2. The van der Waals surface area contributed by atoms with E-state index in [4.69, 9.17) is 9.47 Å². The maximum absolute atomic E-state index is 12.7. The first-order valence-corrected chi connectivity index (χ1v) is 11.3. The van der Waals surface area contributed by atoms with Gasteiger partial charge in [0.2, 0.25) is 0 Å². The Balaban J connectivity index is 1.74. The zero-order valence-electron chi connectivity index (χ0n) is 18.0. The molecule has 1 aromatic heterocycles. The van der Waals surface area contributed by atoms with Crippen LogP contribution in [0.25, 0.3) is 0 Å². The highest BCUT2D eigenvalue weighted by Crippen LogP contribution is 2.40. The van der Waals surface area contributed by atoms with Crippen LogP contribution < -0.4 is 5.32 Å². The Morgan fingerprint density at radius 3 is 2.63 bits per heavy atom. The average molecular weight is 432 g/mol. The lowest BCUT2D eigenvalue weighted by Gasteiger charge is -2.18. The van der Waals surface area contributed by atoms with Crippen molar-refractivity contribution in [1.82, 2.24) is 0 Å². The Hall–Kier alpha value is -2.41. The topological polar surface area (TPSA) is 81.7 Å². The molecule has 2 atom stereocenters. The fourth-order valence-corrected chi connectivity index (χ4v) is 5.07. The van der Waals surface area contributed by atoms with E-state index in [2.05, 4.69) is 12.2 Å². The third-order valence-electron chi connectivity index (χ3n) is 5.50. The minimum atomic E-state index is -0.974. The molecule has 0 saturated heterocycles. The van der Waals surface area contributed by atoms with E-state index in [1.54, 1.807) is 13.0 Å². The molecular weight excluding hydrogens is 402 g/mol. The highest BCUT2D eigenvalue weighted by molar-refractivity contribution is 7.17. The van der Waals surface area contributed by atoms with Crippen molar-refractivity contribution in [2.24, 2.45) is 5.92 Å². The molecule has 0 saturated carbocycles. The first-order valence-electron chi connectivity index (χ1n) is 10.5. The van der Waals surface area contributed by atoms with E-state index in [-0.39, 0.29) is 6.61 Å². The second kappa shape index (κ2) is 9.60. The van der Waals surface area contributed by atoms with Crippen LogP contribution in [0.3, 0.4) is 0 Å². The summed E-state index contributed by atoms with van der Waals surface area (Å²) in [4.78, 5) is 38.8. The van der Waals surface area contributed by atoms with Crippen LogP contribution in [0.2, 0.25) is 0 Å². The first kappa shape index (κ1) is 22.3. The zero-order valence-corrected chi connectivity index (χ0v) is 18.8. The molecule has 6 nitrogen and oxygen atoms in total. The Morgan fingerprint density at radius 1 is 1.20 bits per heavy atom. The molecule has 1 amide bonds. The lowest BCUT2D eigenvalue weighted by atomic mass is 9.88. The number of nitrogens with one attached hydrogen (secondary N) is 1. The number of anilines is 1. The molecule has 1 aromatic rings. The van der Waals surface area contributed by atoms with Gasteiger partial charge in [0, 0.05) is 10.5 Å². The van der Waals surface area contributed by atoms with Crippen molar-refractivity contribution in [1.29, 1.82) is 0 Å². The molecule has 3 rings (SSSR count). The van der Waals surface area contributed by atoms with E-state index in [9.17, 15) is 14.4 Å². The number of hydrogen-bond acceptors (Lipinski definition) is 6. The van der Waals surface area contributed by atoms with Crippen LogP contribution in [0.15, 0.2) is 23.3 Å². The summed E-state index contributed by atoms with van der Waals surface area (Å²) in [5.74, 6) is -0.815. The van der Waals surface area contributed by atoms with Crippen molar-refractivity contribution in [3.05, 3.63) is 39.3 Å². The molecule has 7 heteroatoms. The minimum absolute atomic E-state index is 0.268. The molecule has 1 heterocycles. The molecule has 0 spiro atoms. The van der Waals surface area contributed by atoms with Gasteiger partial charge in [0.05, 0.1) is 12.2 Å². The normalized spacial score (nSPS) is 19.1. The number of fused-ring (bicyclic) bond motifs is 1. The van der Waals surface area contributed by atoms with Gasteiger partial charge < -0.3 is 14.8 Å². The summed E-state index contributed by atoms with van der Waals surface area (Å²) in [6.07, 6.45) is 6.77. The molecule has 0 aliphatic heterocycles. The lowest BCUT2D eigenvalue weighted by molar-refractivity contribution is -0.149. The number of ether oxygens (including phenoxy) is 2. The van der Waals surface area contributed by atoms with E-state index in [1.807, 2.05) is 13.0 Å². The zero-order chi connectivity index (χ0) is 21.8. The molecule has 2 aliphatic rings. The van der Waals surface area contributed by atoms with Crippen LogP contribution >= 0.6 is 11.3 Å². The smallest absolute Gasteiger partial charge is 0.341 e. The number of amides is 1. The van der Waals surface area contributed by atoms with E-state index in [1.165, 1.54) is 23.8 Å². The van der Waals surface area contributed by atoms with Gasteiger partial charge in [-0.3, -0.25) is 4.79 Å². The van der Waals surface area contributed by atoms with E-state index < -0.39 is 23.9 Å². The summed E-state index contributed by atoms with van der Waals surface area (Å²) in [6, 6.07) is 0. The predicted molar refractivity (Wildman–Crippen MR) is 117 cm³/mol. The summed E-state index contributed by atoms with van der Waals surface area (Å²) in [5.41, 5.74) is 3.20. The van der Waals surface area contributed by atoms with Crippen LogP contribution in [0.5, 0.6) is 0 Å². The number of esters is 2. The maximum Gasteiger partial charge on any atom is 0.341 e. The quantitative estimate of drug-likeness (QED) is 0.667. The molecular formula is C23H29NO5S. The summed E-state index contributed by atoms with van der Waals surface area (Å²) >= 11 is 1.42. The number of carbonyl (C=O) groups is 3. The second-order valence-electron chi connectivity index (χ2n) is 8.02. The van der Waals surface area contributed by atoms with Gasteiger partial charge in [-0.15, -0.1) is 11.3 Å². The van der Waals surface area contributed by atoms with E-state index >= 15 is 0 Å². The fraction of sp³-hybridized carbons (Fsp3) is 0.522. The number of carbonyl (C=O) groups excluding carboxylic acids is 3. The van der Waals surface area contributed by atoms with Crippen LogP contribution in [0.1, 0.15) is 67.8 Å². The van der Waals surface area contributed by atoms with E-state index in [0.717, 1.165) is 36.1 Å². The second-order valence-corrected chi connectivity index (χ2v) is 9.12.